The lowest BCUT2D eigenvalue weighted by molar-refractivity contribution is -0.144. The SMILES string of the molecule is CCC(C)C(NC1CCN(C(=O)N(C)C)CC1)C(=O)OC. The highest BCUT2D eigenvalue weighted by Crippen LogP contribution is 2.16. The fraction of sp³-hybridized carbons (Fsp3) is 0.867. The Hall–Kier alpha value is -1.30. The van der Waals surface area contributed by atoms with E-state index in [-0.39, 0.29) is 30.0 Å². The number of carbonyl (C=O) groups is 2. The van der Waals surface area contributed by atoms with Crippen molar-refractivity contribution >= 4 is 12.0 Å². The van der Waals surface area contributed by atoms with E-state index in [0.717, 1.165) is 32.4 Å². The lowest BCUT2D eigenvalue weighted by Gasteiger charge is -2.36. The standard InChI is InChI=1S/C15H29N3O3/c1-6-11(2)13(14(19)21-5)16-12-7-9-18(10-8-12)15(20)17(3)4/h11-13,16H,6-10H2,1-5H3. The highest BCUT2D eigenvalue weighted by molar-refractivity contribution is 5.76. The van der Waals surface area contributed by atoms with Crippen molar-refractivity contribution in [2.45, 2.75) is 45.2 Å². The van der Waals surface area contributed by atoms with Gasteiger partial charge in [0.25, 0.3) is 0 Å². The van der Waals surface area contributed by atoms with E-state index in [1.54, 1.807) is 19.0 Å². The summed E-state index contributed by atoms with van der Waals surface area (Å²) in [6, 6.07) is 0.0512. The molecule has 0 aliphatic carbocycles. The number of piperidine rings is 1. The monoisotopic (exact) mass is 299 g/mol. The molecule has 1 fully saturated rings. The average Bonchev–Trinajstić information content (AvgIpc) is 2.50. The van der Waals surface area contributed by atoms with Gasteiger partial charge in [0, 0.05) is 33.2 Å². The number of urea groups is 1. The number of hydrogen-bond donors (Lipinski definition) is 1. The van der Waals surface area contributed by atoms with Gasteiger partial charge < -0.3 is 19.9 Å². The number of methoxy groups -OCH3 is 1. The Kier molecular flexibility index (Phi) is 6.95. The van der Waals surface area contributed by atoms with Crippen LogP contribution in [0.1, 0.15) is 33.1 Å². The molecular formula is C15H29N3O3. The zero-order valence-electron chi connectivity index (χ0n) is 13.9. The molecule has 2 unspecified atom stereocenters. The molecule has 0 bridgehead atoms. The zero-order valence-corrected chi connectivity index (χ0v) is 13.9. The molecule has 1 heterocycles. The predicted molar refractivity (Wildman–Crippen MR) is 82.1 cm³/mol. The van der Waals surface area contributed by atoms with Crippen LogP contribution in [0.5, 0.6) is 0 Å². The minimum atomic E-state index is -0.263. The second-order valence-electron chi connectivity index (χ2n) is 5.99. The van der Waals surface area contributed by atoms with Crippen LogP contribution in [0.3, 0.4) is 0 Å². The first-order valence-corrected chi connectivity index (χ1v) is 7.70. The molecule has 0 radical (unpaired) electrons. The van der Waals surface area contributed by atoms with Crippen LogP contribution in [0.25, 0.3) is 0 Å². The third-order valence-corrected chi connectivity index (χ3v) is 4.23. The molecule has 0 saturated carbocycles. The Morgan fingerprint density at radius 1 is 1.33 bits per heavy atom. The summed E-state index contributed by atoms with van der Waals surface area (Å²) < 4.78 is 4.90. The van der Waals surface area contributed by atoms with Gasteiger partial charge in [-0.05, 0) is 18.8 Å². The van der Waals surface area contributed by atoms with E-state index in [9.17, 15) is 9.59 Å². The van der Waals surface area contributed by atoms with Gasteiger partial charge in [-0.1, -0.05) is 20.3 Å². The van der Waals surface area contributed by atoms with E-state index >= 15 is 0 Å². The molecule has 6 nitrogen and oxygen atoms in total. The summed E-state index contributed by atoms with van der Waals surface area (Å²) in [5, 5.41) is 3.42. The number of nitrogens with one attached hydrogen (secondary N) is 1. The number of rotatable bonds is 5. The minimum absolute atomic E-state index is 0.0555. The van der Waals surface area contributed by atoms with E-state index in [1.807, 2.05) is 4.90 Å². The maximum Gasteiger partial charge on any atom is 0.323 e. The Morgan fingerprint density at radius 2 is 1.90 bits per heavy atom. The van der Waals surface area contributed by atoms with Gasteiger partial charge in [-0.25, -0.2) is 4.79 Å². The van der Waals surface area contributed by atoms with Gasteiger partial charge >= 0.3 is 12.0 Å². The van der Waals surface area contributed by atoms with Crippen LogP contribution >= 0.6 is 0 Å². The Balaban J connectivity index is 2.53. The van der Waals surface area contributed by atoms with Gasteiger partial charge in [0.2, 0.25) is 0 Å². The summed E-state index contributed by atoms with van der Waals surface area (Å²) in [6.45, 7) is 5.58. The second kappa shape index (κ2) is 8.22. The van der Waals surface area contributed by atoms with Crippen LogP contribution < -0.4 is 5.32 Å². The Labute approximate surface area is 127 Å². The minimum Gasteiger partial charge on any atom is -0.468 e. The third-order valence-electron chi connectivity index (χ3n) is 4.23. The molecule has 2 amide bonds. The van der Waals surface area contributed by atoms with E-state index in [0.29, 0.717) is 0 Å². The van der Waals surface area contributed by atoms with Crippen LogP contribution in [0.15, 0.2) is 0 Å². The van der Waals surface area contributed by atoms with Crippen molar-refractivity contribution in [2.75, 3.05) is 34.3 Å². The lowest BCUT2D eigenvalue weighted by atomic mass is 9.96. The van der Waals surface area contributed by atoms with Gasteiger partial charge in [0.05, 0.1) is 7.11 Å². The maximum atomic E-state index is 11.9. The van der Waals surface area contributed by atoms with Crippen molar-refractivity contribution in [1.29, 1.82) is 0 Å². The topological polar surface area (TPSA) is 61.9 Å². The van der Waals surface area contributed by atoms with Gasteiger partial charge in [-0.3, -0.25) is 4.79 Å². The molecule has 1 saturated heterocycles. The van der Waals surface area contributed by atoms with Gasteiger partial charge in [-0.2, -0.15) is 0 Å². The van der Waals surface area contributed by atoms with Crippen molar-refractivity contribution in [3.8, 4) is 0 Å². The molecule has 1 N–H and O–H groups in total. The van der Waals surface area contributed by atoms with Crippen molar-refractivity contribution in [1.82, 2.24) is 15.1 Å². The number of amides is 2. The van der Waals surface area contributed by atoms with E-state index in [4.69, 9.17) is 4.74 Å². The van der Waals surface area contributed by atoms with Gasteiger partial charge in [0.1, 0.15) is 6.04 Å². The maximum absolute atomic E-state index is 11.9. The van der Waals surface area contributed by atoms with E-state index in [2.05, 4.69) is 19.2 Å². The molecule has 6 heteroatoms. The molecule has 0 aromatic heterocycles. The number of nitrogens with zero attached hydrogens (tertiary/aromatic N) is 2. The number of carbonyl (C=O) groups excluding carboxylic acids is 2. The molecule has 2 atom stereocenters. The second-order valence-corrected chi connectivity index (χ2v) is 5.99. The van der Waals surface area contributed by atoms with Crippen LogP contribution in [-0.4, -0.2) is 68.2 Å². The smallest absolute Gasteiger partial charge is 0.323 e. The van der Waals surface area contributed by atoms with E-state index in [1.165, 1.54) is 7.11 Å². The molecule has 0 aromatic rings. The number of ether oxygens (including phenoxy) is 1. The number of hydrogen-bond acceptors (Lipinski definition) is 4. The first-order chi connectivity index (χ1) is 9.90. The number of esters is 1. The molecule has 1 aliphatic heterocycles. The van der Waals surface area contributed by atoms with Crippen LogP contribution in [0, 0.1) is 5.92 Å². The van der Waals surface area contributed by atoms with Crippen molar-refractivity contribution in [2.24, 2.45) is 5.92 Å². The summed E-state index contributed by atoms with van der Waals surface area (Å²) in [6.07, 6.45) is 2.65. The predicted octanol–water partition coefficient (Wildman–Crippen LogP) is 1.31. The van der Waals surface area contributed by atoms with Gasteiger partial charge in [-0.15, -0.1) is 0 Å². The normalized spacial score (nSPS) is 19.0. The summed E-state index contributed by atoms with van der Waals surface area (Å²) in [7, 11) is 4.96. The van der Waals surface area contributed by atoms with Crippen molar-refractivity contribution in [3.63, 3.8) is 0 Å². The van der Waals surface area contributed by atoms with Crippen LogP contribution in [0.4, 0.5) is 4.79 Å². The highest BCUT2D eigenvalue weighted by Gasteiger charge is 2.30. The Bertz CT molecular complexity index is 352. The Morgan fingerprint density at radius 3 is 2.33 bits per heavy atom. The number of likely N-dealkylation sites (tertiary alicyclic amines) is 1. The summed E-state index contributed by atoms with van der Waals surface area (Å²) in [4.78, 5) is 27.2. The lowest BCUT2D eigenvalue weighted by Crippen LogP contribution is -2.53. The molecule has 1 aliphatic rings. The first kappa shape index (κ1) is 17.8. The molecule has 21 heavy (non-hydrogen) atoms. The molecule has 0 aromatic carbocycles. The average molecular weight is 299 g/mol. The molecule has 122 valence electrons. The summed E-state index contributed by atoms with van der Waals surface area (Å²) in [5.41, 5.74) is 0. The highest BCUT2D eigenvalue weighted by atomic mass is 16.5. The first-order valence-electron chi connectivity index (χ1n) is 7.70. The fourth-order valence-electron chi connectivity index (χ4n) is 2.60. The van der Waals surface area contributed by atoms with E-state index < -0.39 is 0 Å². The summed E-state index contributed by atoms with van der Waals surface area (Å²) >= 11 is 0. The molecule has 0 spiro atoms. The van der Waals surface area contributed by atoms with Crippen molar-refractivity contribution in [3.05, 3.63) is 0 Å². The van der Waals surface area contributed by atoms with Gasteiger partial charge in [0.15, 0.2) is 0 Å². The molecule has 1 rings (SSSR count). The zero-order chi connectivity index (χ0) is 16.0. The fourth-order valence-corrected chi connectivity index (χ4v) is 2.60. The summed E-state index contributed by atoms with van der Waals surface area (Å²) in [5.74, 6) is 0.0371. The van der Waals surface area contributed by atoms with Crippen LogP contribution in [0.2, 0.25) is 0 Å². The third kappa shape index (κ3) is 4.88. The van der Waals surface area contributed by atoms with Crippen LogP contribution in [-0.2, 0) is 9.53 Å². The quantitative estimate of drug-likeness (QED) is 0.778. The van der Waals surface area contributed by atoms with Crippen molar-refractivity contribution < 1.29 is 14.3 Å². The largest absolute Gasteiger partial charge is 0.468 e. The molecular weight excluding hydrogens is 270 g/mol.